The number of benzene rings is 2. The fourth-order valence-electron chi connectivity index (χ4n) is 2.17. The summed E-state index contributed by atoms with van der Waals surface area (Å²) in [4.78, 5) is 12.0. The second-order valence-corrected chi connectivity index (χ2v) is 5.01. The van der Waals surface area contributed by atoms with Gasteiger partial charge in [0.2, 0.25) is 11.7 Å². The highest BCUT2D eigenvalue weighted by Gasteiger charge is 2.14. The molecule has 0 radical (unpaired) electrons. The van der Waals surface area contributed by atoms with E-state index in [1.807, 2.05) is 0 Å². The van der Waals surface area contributed by atoms with Crippen LogP contribution >= 0.6 is 0 Å². The Kier molecular flexibility index (Phi) is 6.45. The van der Waals surface area contributed by atoms with E-state index in [0.717, 1.165) is 0 Å². The number of amides is 1. The Morgan fingerprint density at radius 3 is 2.12 bits per heavy atom. The van der Waals surface area contributed by atoms with Crippen LogP contribution in [0.3, 0.4) is 0 Å². The van der Waals surface area contributed by atoms with Gasteiger partial charge in [0.25, 0.3) is 0 Å². The fourth-order valence-corrected chi connectivity index (χ4v) is 2.17. The largest absolute Gasteiger partial charge is 0.493 e. The van der Waals surface area contributed by atoms with E-state index in [1.54, 1.807) is 12.1 Å². The molecule has 0 aliphatic heterocycles. The second-order valence-electron chi connectivity index (χ2n) is 5.01. The van der Waals surface area contributed by atoms with Gasteiger partial charge in [-0.3, -0.25) is 4.79 Å². The number of rotatable bonds is 8. The minimum absolute atomic E-state index is 0.133. The lowest BCUT2D eigenvalue weighted by molar-refractivity contribution is -0.116. The smallest absolute Gasteiger partial charge is 0.227 e. The Bertz CT molecular complexity index is 693. The molecule has 0 unspecified atom stereocenters. The maximum absolute atomic E-state index is 12.8. The quantitative estimate of drug-likeness (QED) is 0.792. The van der Waals surface area contributed by atoms with Crippen LogP contribution in [-0.4, -0.2) is 33.8 Å². The molecule has 0 atom stereocenters. The number of nitrogens with one attached hydrogen (secondary N) is 1. The van der Waals surface area contributed by atoms with Gasteiger partial charge in [-0.2, -0.15) is 0 Å². The SMILES string of the molecule is COc1cc(NC(=O)CCOc2ccc(F)cc2)cc(OC)c1OC. The predicted octanol–water partition coefficient (Wildman–Crippen LogP) is 3.26. The van der Waals surface area contributed by atoms with Crippen molar-refractivity contribution in [3.8, 4) is 23.0 Å². The molecule has 0 spiro atoms. The highest BCUT2D eigenvalue weighted by molar-refractivity contribution is 5.91. The summed E-state index contributed by atoms with van der Waals surface area (Å²) < 4.78 is 33.9. The number of hydrogen-bond acceptors (Lipinski definition) is 5. The summed E-state index contributed by atoms with van der Waals surface area (Å²) in [5.74, 6) is 1.26. The summed E-state index contributed by atoms with van der Waals surface area (Å²) in [5, 5.41) is 2.74. The predicted molar refractivity (Wildman–Crippen MR) is 91.2 cm³/mol. The number of hydrogen-bond donors (Lipinski definition) is 1. The zero-order chi connectivity index (χ0) is 18.2. The molecule has 0 bridgehead atoms. The van der Waals surface area contributed by atoms with Crippen molar-refractivity contribution >= 4 is 11.6 Å². The number of carbonyl (C=O) groups excluding carboxylic acids is 1. The molecule has 7 heteroatoms. The highest BCUT2D eigenvalue weighted by Crippen LogP contribution is 2.39. The zero-order valence-electron chi connectivity index (χ0n) is 14.3. The Morgan fingerprint density at radius 1 is 1.00 bits per heavy atom. The van der Waals surface area contributed by atoms with E-state index in [2.05, 4.69) is 5.32 Å². The fraction of sp³-hybridized carbons (Fsp3) is 0.278. The van der Waals surface area contributed by atoms with Gasteiger partial charge in [0.1, 0.15) is 11.6 Å². The summed E-state index contributed by atoms with van der Waals surface area (Å²) in [7, 11) is 4.50. The van der Waals surface area contributed by atoms with E-state index in [0.29, 0.717) is 28.7 Å². The van der Waals surface area contributed by atoms with Crippen LogP contribution in [0.4, 0.5) is 10.1 Å². The van der Waals surface area contributed by atoms with E-state index in [-0.39, 0.29) is 24.8 Å². The van der Waals surface area contributed by atoms with E-state index in [4.69, 9.17) is 18.9 Å². The van der Waals surface area contributed by atoms with Gasteiger partial charge < -0.3 is 24.3 Å². The van der Waals surface area contributed by atoms with Gasteiger partial charge in [0, 0.05) is 17.8 Å². The van der Waals surface area contributed by atoms with Crippen molar-refractivity contribution in [2.24, 2.45) is 0 Å². The monoisotopic (exact) mass is 349 g/mol. The first-order valence-corrected chi connectivity index (χ1v) is 7.55. The Labute approximate surface area is 145 Å². The van der Waals surface area contributed by atoms with Gasteiger partial charge in [-0.25, -0.2) is 4.39 Å². The lowest BCUT2D eigenvalue weighted by atomic mass is 10.2. The van der Waals surface area contributed by atoms with Gasteiger partial charge in [0.05, 0.1) is 34.4 Å². The average molecular weight is 349 g/mol. The molecule has 0 heterocycles. The zero-order valence-corrected chi connectivity index (χ0v) is 14.3. The van der Waals surface area contributed by atoms with Crippen LogP contribution in [-0.2, 0) is 4.79 Å². The van der Waals surface area contributed by atoms with Crippen LogP contribution in [0.2, 0.25) is 0 Å². The molecule has 1 N–H and O–H groups in total. The third-order valence-corrected chi connectivity index (χ3v) is 3.36. The van der Waals surface area contributed by atoms with Crippen LogP contribution in [0.5, 0.6) is 23.0 Å². The number of halogens is 1. The minimum atomic E-state index is -0.340. The molecule has 2 aromatic carbocycles. The van der Waals surface area contributed by atoms with Crippen molar-refractivity contribution < 1.29 is 28.1 Å². The molecule has 0 aromatic heterocycles. The Hall–Kier alpha value is -2.96. The first-order chi connectivity index (χ1) is 12.1. The average Bonchev–Trinajstić information content (AvgIpc) is 2.62. The first kappa shape index (κ1) is 18.4. The van der Waals surface area contributed by atoms with E-state index in [9.17, 15) is 9.18 Å². The van der Waals surface area contributed by atoms with Crippen molar-refractivity contribution in [1.29, 1.82) is 0 Å². The first-order valence-electron chi connectivity index (χ1n) is 7.55. The molecule has 0 fully saturated rings. The highest BCUT2D eigenvalue weighted by atomic mass is 19.1. The van der Waals surface area contributed by atoms with Gasteiger partial charge >= 0.3 is 0 Å². The van der Waals surface area contributed by atoms with Crippen molar-refractivity contribution in [2.75, 3.05) is 33.3 Å². The van der Waals surface area contributed by atoms with E-state index in [1.165, 1.54) is 45.6 Å². The van der Waals surface area contributed by atoms with Crippen LogP contribution < -0.4 is 24.3 Å². The summed E-state index contributed by atoms with van der Waals surface area (Å²) in [6.45, 7) is 0.169. The lowest BCUT2D eigenvalue weighted by Gasteiger charge is -2.14. The Balaban J connectivity index is 1.94. The minimum Gasteiger partial charge on any atom is -0.493 e. The van der Waals surface area contributed by atoms with Gasteiger partial charge in [-0.05, 0) is 24.3 Å². The number of methoxy groups -OCH3 is 3. The number of carbonyl (C=O) groups is 1. The van der Waals surface area contributed by atoms with Gasteiger partial charge in [0.15, 0.2) is 11.5 Å². The molecule has 2 rings (SSSR count). The lowest BCUT2D eigenvalue weighted by Crippen LogP contribution is -2.15. The van der Waals surface area contributed by atoms with Crippen molar-refractivity contribution in [3.63, 3.8) is 0 Å². The summed E-state index contributed by atoms with van der Waals surface area (Å²) in [6.07, 6.45) is 0.133. The van der Waals surface area contributed by atoms with Crippen LogP contribution in [0.25, 0.3) is 0 Å². The number of anilines is 1. The molecule has 0 aliphatic rings. The van der Waals surface area contributed by atoms with Crippen LogP contribution in [0, 0.1) is 5.82 Å². The molecule has 6 nitrogen and oxygen atoms in total. The summed E-state index contributed by atoms with van der Waals surface area (Å²) >= 11 is 0. The molecular weight excluding hydrogens is 329 g/mol. The molecule has 1 amide bonds. The molecular formula is C18H20FNO5. The second kappa shape index (κ2) is 8.77. The third kappa shape index (κ3) is 5.00. The maximum Gasteiger partial charge on any atom is 0.227 e. The van der Waals surface area contributed by atoms with Crippen LogP contribution in [0.1, 0.15) is 6.42 Å². The molecule has 0 saturated heterocycles. The van der Waals surface area contributed by atoms with Gasteiger partial charge in [-0.15, -0.1) is 0 Å². The molecule has 0 saturated carbocycles. The third-order valence-electron chi connectivity index (χ3n) is 3.36. The topological polar surface area (TPSA) is 66.0 Å². The van der Waals surface area contributed by atoms with E-state index >= 15 is 0 Å². The normalized spacial score (nSPS) is 10.1. The number of ether oxygens (including phenoxy) is 4. The standard InChI is InChI=1S/C18H20FNO5/c1-22-15-10-13(11-16(23-2)18(15)24-3)20-17(21)8-9-25-14-6-4-12(19)5-7-14/h4-7,10-11H,8-9H2,1-3H3,(H,20,21). The maximum atomic E-state index is 12.8. The summed E-state index contributed by atoms with van der Waals surface area (Å²) in [5.41, 5.74) is 0.515. The molecule has 134 valence electrons. The van der Waals surface area contributed by atoms with Crippen molar-refractivity contribution in [1.82, 2.24) is 0 Å². The van der Waals surface area contributed by atoms with Crippen LogP contribution in [0.15, 0.2) is 36.4 Å². The Morgan fingerprint density at radius 2 is 1.60 bits per heavy atom. The molecule has 0 aliphatic carbocycles. The van der Waals surface area contributed by atoms with Crippen molar-refractivity contribution in [2.45, 2.75) is 6.42 Å². The summed E-state index contributed by atoms with van der Waals surface area (Å²) in [6, 6.07) is 8.88. The van der Waals surface area contributed by atoms with Gasteiger partial charge in [-0.1, -0.05) is 0 Å². The van der Waals surface area contributed by atoms with E-state index < -0.39 is 0 Å². The molecule has 25 heavy (non-hydrogen) atoms. The molecule has 2 aromatic rings. The van der Waals surface area contributed by atoms with Crippen molar-refractivity contribution in [3.05, 3.63) is 42.2 Å².